The van der Waals surface area contributed by atoms with E-state index in [1.54, 1.807) is 11.1 Å². The minimum absolute atomic E-state index is 0.189. The number of unbranched alkanes of at least 4 members (excludes halogenated alkanes) is 4. The lowest BCUT2D eigenvalue weighted by atomic mass is 9.79. The Labute approximate surface area is 185 Å². The van der Waals surface area contributed by atoms with Crippen LogP contribution in [0.5, 0.6) is 0 Å². The van der Waals surface area contributed by atoms with Crippen LogP contribution in [0.2, 0.25) is 0 Å². The third-order valence-electron chi connectivity index (χ3n) is 7.33. The molecule has 0 amide bonds. The zero-order valence-electron chi connectivity index (χ0n) is 20.3. The standard InChI is InChI=1S/C30H42/c1-8-10-11-12-13-14-15-24-27-20-22(29(3,4)5)16-18-25(27)26-19-17-23(21-28(24)26)30(6,7)9-2/h8,16-21,24H,1,9-15H2,2-7H3. The summed E-state index contributed by atoms with van der Waals surface area (Å²) in [4.78, 5) is 0. The van der Waals surface area contributed by atoms with Crippen molar-refractivity contribution in [1.29, 1.82) is 0 Å². The molecule has 1 atom stereocenters. The molecule has 0 aliphatic heterocycles. The van der Waals surface area contributed by atoms with Crippen molar-refractivity contribution in [2.75, 3.05) is 0 Å². The number of rotatable bonds is 9. The Kier molecular flexibility index (Phi) is 6.95. The lowest BCUT2D eigenvalue weighted by Crippen LogP contribution is -2.15. The summed E-state index contributed by atoms with van der Waals surface area (Å²) < 4.78 is 0. The molecule has 162 valence electrons. The molecule has 0 heterocycles. The average molecular weight is 403 g/mol. The highest BCUT2D eigenvalue weighted by Crippen LogP contribution is 2.49. The van der Waals surface area contributed by atoms with Crippen molar-refractivity contribution >= 4 is 0 Å². The molecular formula is C30H42. The maximum absolute atomic E-state index is 3.85. The first-order valence-corrected chi connectivity index (χ1v) is 12.1. The van der Waals surface area contributed by atoms with Crippen molar-refractivity contribution in [3.05, 3.63) is 71.3 Å². The maximum Gasteiger partial charge on any atom is 0.0102 e. The fourth-order valence-electron chi connectivity index (χ4n) is 4.75. The largest absolute Gasteiger partial charge is 0.103 e. The van der Waals surface area contributed by atoms with E-state index in [2.05, 4.69) is 90.6 Å². The molecule has 3 rings (SSSR count). The van der Waals surface area contributed by atoms with E-state index >= 15 is 0 Å². The van der Waals surface area contributed by atoms with E-state index in [1.165, 1.54) is 60.8 Å². The predicted octanol–water partition coefficient (Wildman–Crippen LogP) is 9.31. The lowest BCUT2D eigenvalue weighted by molar-refractivity contribution is 0.505. The van der Waals surface area contributed by atoms with Gasteiger partial charge in [-0.25, -0.2) is 0 Å². The quantitative estimate of drug-likeness (QED) is 0.289. The molecule has 0 radical (unpaired) electrons. The van der Waals surface area contributed by atoms with Crippen molar-refractivity contribution in [2.45, 2.75) is 103 Å². The Morgan fingerprint density at radius 1 is 0.800 bits per heavy atom. The van der Waals surface area contributed by atoms with Crippen molar-refractivity contribution < 1.29 is 0 Å². The second-order valence-corrected chi connectivity index (χ2v) is 10.9. The molecule has 0 nitrogen and oxygen atoms in total. The molecule has 2 aromatic carbocycles. The predicted molar refractivity (Wildman–Crippen MR) is 134 cm³/mol. The Morgan fingerprint density at radius 2 is 1.37 bits per heavy atom. The second-order valence-electron chi connectivity index (χ2n) is 10.9. The van der Waals surface area contributed by atoms with E-state index in [1.807, 2.05) is 0 Å². The number of hydrogen-bond acceptors (Lipinski definition) is 0. The molecule has 0 N–H and O–H groups in total. The summed E-state index contributed by atoms with van der Waals surface area (Å²) in [6.45, 7) is 17.9. The zero-order chi connectivity index (χ0) is 21.9. The molecule has 1 aliphatic rings. The first-order chi connectivity index (χ1) is 14.2. The molecule has 1 unspecified atom stereocenters. The Bertz CT molecular complexity index is 875. The third kappa shape index (κ3) is 4.74. The lowest BCUT2D eigenvalue weighted by Gasteiger charge is -2.25. The van der Waals surface area contributed by atoms with E-state index in [0.717, 1.165) is 6.42 Å². The van der Waals surface area contributed by atoms with E-state index in [-0.39, 0.29) is 10.8 Å². The van der Waals surface area contributed by atoms with Gasteiger partial charge >= 0.3 is 0 Å². The van der Waals surface area contributed by atoms with Crippen LogP contribution in [0.15, 0.2) is 49.1 Å². The molecule has 0 fully saturated rings. The Hall–Kier alpha value is -1.82. The van der Waals surface area contributed by atoms with Gasteiger partial charge in [-0.3, -0.25) is 0 Å². The molecule has 30 heavy (non-hydrogen) atoms. The van der Waals surface area contributed by atoms with Gasteiger partial charge in [0, 0.05) is 5.92 Å². The van der Waals surface area contributed by atoms with Gasteiger partial charge in [-0.05, 0) is 69.9 Å². The van der Waals surface area contributed by atoms with E-state index in [0.29, 0.717) is 5.92 Å². The molecular weight excluding hydrogens is 360 g/mol. The van der Waals surface area contributed by atoms with E-state index in [4.69, 9.17) is 0 Å². The van der Waals surface area contributed by atoms with Gasteiger partial charge in [-0.2, -0.15) is 0 Å². The van der Waals surface area contributed by atoms with Crippen LogP contribution in [0.25, 0.3) is 11.1 Å². The number of benzene rings is 2. The minimum Gasteiger partial charge on any atom is -0.103 e. The van der Waals surface area contributed by atoms with Crippen molar-refractivity contribution in [3.63, 3.8) is 0 Å². The fraction of sp³-hybridized carbons (Fsp3) is 0.533. The van der Waals surface area contributed by atoms with E-state index in [9.17, 15) is 0 Å². The van der Waals surface area contributed by atoms with Crippen LogP contribution in [0.3, 0.4) is 0 Å². The van der Waals surface area contributed by atoms with Gasteiger partial charge in [0.25, 0.3) is 0 Å². The number of hydrogen-bond donors (Lipinski definition) is 0. The summed E-state index contributed by atoms with van der Waals surface area (Å²) in [6.07, 6.45) is 10.9. The van der Waals surface area contributed by atoms with Crippen LogP contribution >= 0.6 is 0 Å². The van der Waals surface area contributed by atoms with Crippen LogP contribution in [0.1, 0.15) is 115 Å². The summed E-state index contributed by atoms with van der Waals surface area (Å²) in [7, 11) is 0. The molecule has 0 spiro atoms. The molecule has 0 bridgehead atoms. The van der Waals surface area contributed by atoms with Gasteiger partial charge in [0.05, 0.1) is 0 Å². The van der Waals surface area contributed by atoms with Crippen molar-refractivity contribution in [1.82, 2.24) is 0 Å². The topological polar surface area (TPSA) is 0 Å². The van der Waals surface area contributed by atoms with Crippen LogP contribution in [-0.4, -0.2) is 0 Å². The molecule has 0 saturated carbocycles. The summed E-state index contributed by atoms with van der Waals surface area (Å²) >= 11 is 0. The molecule has 1 aliphatic carbocycles. The third-order valence-corrected chi connectivity index (χ3v) is 7.33. The monoisotopic (exact) mass is 402 g/mol. The molecule has 0 aromatic heterocycles. The zero-order valence-corrected chi connectivity index (χ0v) is 20.3. The van der Waals surface area contributed by atoms with Crippen LogP contribution in [0, 0.1) is 0 Å². The normalized spacial score (nSPS) is 15.7. The molecule has 0 heteroatoms. The Balaban J connectivity index is 1.94. The van der Waals surface area contributed by atoms with Gasteiger partial charge in [0.2, 0.25) is 0 Å². The van der Waals surface area contributed by atoms with Crippen molar-refractivity contribution in [3.8, 4) is 11.1 Å². The van der Waals surface area contributed by atoms with Crippen LogP contribution in [-0.2, 0) is 10.8 Å². The van der Waals surface area contributed by atoms with Gasteiger partial charge in [-0.15, -0.1) is 6.58 Å². The molecule has 0 saturated heterocycles. The van der Waals surface area contributed by atoms with Gasteiger partial charge in [0.15, 0.2) is 0 Å². The van der Waals surface area contributed by atoms with Crippen LogP contribution < -0.4 is 0 Å². The summed E-state index contributed by atoms with van der Waals surface area (Å²) in [5.74, 6) is 0.546. The maximum atomic E-state index is 3.85. The van der Waals surface area contributed by atoms with Gasteiger partial charge < -0.3 is 0 Å². The van der Waals surface area contributed by atoms with E-state index < -0.39 is 0 Å². The second kappa shape index (κ2) is 9.13. The SMILES string of the molecule is C=CCCCCCCC1c2cc(C(C)(C)C)ccc2-c2ccc(C(C)(C)CC)cc21. The number of fused-ring (bicyclic) bond motifs is 3. The smallest absolute Gasteiger partial charge is 0.0102 e. The van der Waals surface area contributed by atoms with Gasteiger partial charge in [-0.1, -0.05) is 103 Å². The summed E-state index contributed by atoms with van der Waals surface area (Å²) in [5, 5.41) is 0. The summed E-state index contributed by atoms with van der Waals surface area (Å²) in [5.41, 5.74) is 9.44. The molecule has 2 aromatic rings. The fourth-order valence-corrected chi connectivity index (χ4v) is 4.75. The van der Waals surface area contributed by atoms with Crippen LogP contribution in [0.4, 0.5) is 0 Å². The number of allylic oxidation sites excluding steroid dienone is 1. The highest BCUT2D eigenvalue weighted by molar-refractivity contribution is 5.79. The average Bonchev–Trinajstić information content (AvgIpc) is 3.02. The minimum atomic E-state index is 0.189. The van der Waals surface area contributed by atoms with Crippen molar-refractivity contribution in [2.24, 2.45) is 0 Å². The van der Waals surface area contributed by atoms with Gasteiger partial charge in [0.1, 0.15) is 0 Å². The highest BCUT2D eigenvalue weighted by atomic mass is 14.3. The highest BCUT2D eigenvalue weighted by Gasteiger charge is 2.31. The summed E-state index contributed by atoms with van der Waals surface area (Å²) in [6, 6.07) is 14.6. The first kappa shape index (κ1) is 22.9. The first-order valence-electron chi connectivity index (χ1n) is 12.1. The Morgan fingerprint density at radius 3 is 1.93 bits per heavy atom.